The van der Waals surface area contributed by atoms with Gasteiger partial charge in [0.05, 0.1) is 82.2 Å². The third-order valence-corrected chi connectivity index (χ3v) is 22.2. The van der Waals surface area contributed by atoms with Gasteiger partial charge < -0.3 is 71.4 Å². The van der Waals surface area contributed by atoms with E-state index in [0.717, 1.165) is 27.8 Å². The Morgan fingerprint density at radius 3 is 1.32 bits per heavy atom. The summed E-state index contributed by atoms with van der Waals surface area (Å²) in [6, 6.07) is 58.0. The summed E-state index contributed by atoms with van der Waals surface area (Å²) in [6.45, 7) is 14.9. The highest BCUT2D eigenvalue weighted by molar-refractivity contribution is 7.89. The quantitative estimate of drug-likeness (QED) is 0.0494. The summed E-state index contributed by atoms with van der Waals surface area (Å²) in [5.74, 6) is -1.04. The lowest BCUT2D eigenvalue weighted by molar-refractivity contribution is -0.410. The highest BCUT2D eigenvalue weighted by atomic mass is 32.2. The summed E-state index contributed by atoms with van der Waals surface area (Å²) in [5.41, 5.74) is 4.85. The average molecular weight is 1340 g/mol. The van der Waals surface area contributed by atoms with Crippen molar-refractivity contribution in [2.75, 3.05) is 26.4 Å². The van der Waals surface area contributed by atoms with E-state index in [4.69, 9.17) is 66.3 Å². The fraction of sp³-hybridized carbons (Fsp3) is 0.532. The first-order valence-corrected chi connectivity index (χ1v) is 36.0. The van der Waals surface area contributed by atoms with E-state index in [1.807, 2.05) is 159 Å². The molecule has 0 radical (unpaired) electrons. The number of ether oxygens (including phenoxy) is 14. The minimum absolute atomic E-state index is 0.0568. The number of benzene rings is 6. The van der Waals surface area contributed by atoms with Gasteiger partial charge in [-0.1, -0.05) is 211 Å². The number of hydrogen-bond donors (Lipinski definition) is 2. The number of aliphatic hydroxyl groups excluding tert-OH is 1. The van der Waals surface area contributed by atoms with Gasteiger partial charge in [-0.15, -0.1) is 0 Å². The van der Waals surface area contributed by atoms with Crippen LogP contribution in [0.4, 0.5) is 0 Å². The molecule has 6 aromatic rings. The van der Waals surface area contributed by atoms with Crippen molar-refractivity contribution in [3.05, 3.63) is 210 Å². The van der Waals surface area contributed by atoms with Crippen molar-refractivity contribution in [3.8, 4) is 0 Å². The van der Waals surface area contributed by atoms with E-state index in [-0.39, 0.29) is 79.0 Å². The summed E-state index contributed by atoms with van der Waals surface area (Å²) in [4.78, 5) is 0.221. The zero-order valence-corrected chi connectivity index (χ0v) is 56.8. The van der Waals surface area contributed by atoms with Crippen LogP contribution in [0, 0.1) is 35.5 Å². The number of hydrogen-bond acceptors (Lipinski definition) is 17. The van der Waals surface area contributed by atoms with Gasteiger partial charge in [-0.3, -0.25) is 0 Å². The number of sulfonamides is 1. The first kappa shape index (κ1) is 70.5. The third kappa shape index (κ3) is 17.8. The summed E-state index contributed by atoms with van der Waals surface area (Å²) < 4.78 is 128. The van der Waals surface area contributed by atoms with E-state index < -0.39 is 103 Å². The van der Waals surface area contributed by atoms with Crippen molar-refractivity contribution >= 4 is 10.0 Å². The molecule has 19 heteroatoms. The molecule has 12 rings (SSSR count). The summed E-state index contributed by atoms with van der Waals surface area (Å²) >= 11 is 0. The molecule has 18 nitrogen and oxygen atoms in total. The molecule has 5 aliphatic heterocycles. The van der Waals surface area contributed by atoms with Gasteiger partial charge in [-0.05, 0) is 95.6 Å². The van der Waals surface area contributed by atoms with Crippen LogP contribution in [-0.4, -0.2) is 138 Å². The Kier molecular flexibility index (Phi) is 24.7. The SMILES string of the molecule is CC1C(O)[C@@H](OC2C(C)[C@H](C)[C@H](COCc3ccccc3)O[C@@H]2OC2C(C)[C@H](C)[C@H](COCc3ccccc3)O[C@@H]2OC2[C@@H]3OC(c4ccccc4)OCC3O[C@@H](OC3CCC(NS(=O)(=O)c4ccccc4)CC3)[C@@H]2OCc2ccccc2)O[C@@H](COCc2ccccc2)[C@H]1C. The maximum atomic E-state index is 13.5. The summed E-state index contributed by atoms with van der Waals surface area (Å²) in [7, 11) is -3.75. The van der Waals surface area contributed by atoms with Crippen molar-refractivity contribution in [1.29, 1.82) is 0 Å². The van der Waals surface area contributed by atoms with E-state index >= 15 is 0 Å². The van der Waals surface area contributed by atoms with Crippen LogP contribution in [0.25, 0.3) is 0 Å². The molecule has 0 aromatic heterocycles. The van der Waals surface area contributed by atoms with E-state index in [0.29, 0.717) is 52.1 Å². The average Bonchev–Trinajstić information content (AvgIpc) is 0.763. The van der Waals surface area contributed by atoms with Crippen molar-refractivity contribution in [2.24, 2.45) is 35.5 Å². The van der Waals surface area contributed by atoms with Crippen LogP contribution in [0.15, 0.2) is 187 Å². The molecule has 5 heterocycles. The fourth-order valence-electron chi connectivity index (χ4n) is 14.1. The molecule has 0 bridgehead atoms. The van der Waals surface area contributed by atoms with Gasteiger partial charge >= 0.3 is 0 Å². The van der Waals surface area contributed by atoms with Crippen LogP contribution in [0.1, 0.15) is 101 Å². The molecule has 2 N–H and O–H groups in total. The van der Waals surface area contributed by atoms with Gasteiger partial charge in [0.2, 0.25) is 10.0 Å². The number of fused-ring (bicyclic) bond motifs is 1. The zero-order chi connectivity index (χ0) is 66.5. The number of rotatable bonds is 27. The maximum absolute atomic E-state index is 13.5. The highest BCUT2D eigenvalue weighted by Gasteiger charge is 2.57. The lowest BCUT2D eigenvalue weighted by Gasteiger charge is -2.53. The van der Waals surface area contributed by atoms with E-state index in [2.05, 4.69) is 39.3 Å². The molecule has 6 aromatic carbocycles. The fourth-order valence-corrected chi connectivity index (χ4v) is 15.4. The van der Waals surface area contributed by atoms with Crippen LogP contribution in [0.3, 0.4) is 0 Å². The Balaban J connectivity index is 0.872. The molecule has 6 fully saturated rings. The van der Waals surface area contributed by atoms with Crippen molar-refractivity contribution < 1.29 is 79.8 Å². The van der Waals surface area contributed by atoms with Gasteiger partial charge in [0, 0.05) is 11.6 Å². The Morgan fingerprint density at radius 1 is 0.427 bits per heavy atom. The largest absolute Gasteiger partial charge is 0.388 e. The molecule has 9 unspecified atom stereocenters. The lowest BCUT2D eigenvalue weighted by atomic mass is 9.81. The summed E-state index contributed by atoms with van der Waals surface area (Å²) in [6.07, 6.45) is -10.7. The monoisotopic (exact) mass is 1340 g/mol. The second-order valence-corrected chi connectivity index (χ2v) is 28.8. The van der Waals surface area contributed by atoms with Gasteiger partial charge in [-0.25, -0.2) is 13.1 Å². The van der Waals surface area contributed by atoms with Gasteiger partial charge in [0.25, 0.3) is 0 Å². The van der Waals surface area contributed by atoms with Crippen LogP contribution in [0.5, 0.6) is 0 Å². The van der Waals surface area contributed by atoms with E-state index in [1.165, 1.54) is 0 Å². The van der Waals surface area contributed by atoms with Crippen LogP contribution in [0.2, 0.25) is 0 Å². The standard InChI is InChI=1S/C77H97NO17S/c1-49-52(4)67(79)74(88-63(49)45-82-41-55-25-13-7-14-26-55)92-68-53(5)50(2)64(46-83-42-56-27-15-8-16-28-56)89-75(68)93-69-54(6)51(3)65(47-84-43-57-29-17-9-18-30-57)90-76(69)95-71-70-66(48-86-73(94-70)59-33-21-11-22-34-59)91-77(72(71)85-44-58-31-19-10-20-32-58)87-61-39-37-60(38-40-61)78-96(80,81)62-35-23-12-24-36-62/h7-36,49-54,60-61,63-79H,37-48H2,1-6H3/t49-,50-,51-,52?,53?,54?,60?,61?,63-,64-,65-,66?,67?,68?,69?,70+,71?,72+,73?,74+,75+,76+,77+/m0/s1. The molecule has 0 amide bonds. The summed E-state index contributed by atoms with van der Waals surface area (Å²) in [5, 5.41) is 12.2. The predicted molar refractivity (Wildman–Crippen MR) is 357 cm³/mol. The molecular formula is C77H97NO17S. The Morgan fingerprint density at radius 2 is 0.833 bits per heavy atom. The van der Waals surface area contributed by atoms with Crippen LogP contribution < -0.4 is 4.72 Å². The zero-order valence-electron chi connectivity index (χ0n) is 56.0. The first-order chi connectivity index (χ1) is 46.7. The Hall–Kier alpha value is -5.37. The molecule has 96 heavy (non-hydrogen) atoms. The van der Waals surface area contributed by atoms with Crippen LogP contribution >= 0.6 is 0 Å². The van der Waals surface area contributed by atoms with Crippen LogP contribution in [-0.2, 0) is 103 Å². The highest BCUT2D eigenvalue weighted by Crippen LogP contribution is 2.45. The predicted octanol–water partition coefficient (Wildman–Crippen LogP) is 11.9. The molecule has 1 saturated carbocycles. The number of aliphatic hydroxyl groups is 1. The smallest absolute Gasteiger partial charge is 0.240 e. The molecule has 21 atom stereocenters. The minimum atomic E-state index is -3.75. The lowest BCUT2D eigenvalue weighted by Crippen LogP contribution is -2.66. The van der Waals surface area contributed by atoms with Gasteiger partial charge in [0.15, 0.2) is 31.5 Å². The molecule has 6 aliphatic rings. The molecule has 518 valence electrons. The normalized spacial score (nSPS) is 35.0. The molecule has 5 saturated heterocycles. The third-order valence-electron chi connectivity index (χ3n) is 20.6. The van der Waals surface area contributed by atoms with E-state index in [1.54, 1.807) is 30.3 Å². The molecular weight excluding hydrogens is 1240 g/mol. The molecule has 1 aliphatic carbocycles. The Labute approximate surface area is 566 Å². The first-order valence-electron chi connectivity index (χ1n) is 34.5. The second-order valence-electron chi connectivity index (χ2n) is 27.1. The van der Waals surface area contributed by atoms with Gasteiger partial charge in [-0.2, -0.15) is 0 Å². The van der Waals surface area contributed by atoms with Crippen molar-refractivity contribution in [1.82, 2.24) is 4.72 Å². The topological polar surface area (TPSA) is 196 Å². The minimum Gasteiger partial charge on any atom is -0.388 e. The molecule has 0 spiro atoms. The van der Waals surface area contributed by atoms with Crippen molar-refractivity contribution in [3.63, 3.8) is 0 Å². The second kappa shape index (κ2) is 33.7. The maximum Gasteiger partial charge on any atom is 0.240 e. The van der Waals surface area contributed by atoms with E-state index in [9.17, 15) is 13.5 Å². The van der Waals surface area contributed by atoms with Gasteiger partial charge in [0.1, 0.15) is 42.7 Å². The number of nitrogens with one attached hydrogen (secondary N) is 1. The van der Waals surface area contributed by atoms with Crippen molar-refractivity contribution in [2.45, 2.75) is 203 Å². The Bertz CT molecular complexity index is 3360.